The topological polar surface area (TPSA) is 42.4 Å². The number of anilines is 1. The molecule has 3 rings (SSSR count). The van der Waals surface area contributed by atoms with Gasteiger partial charge in [0.15, 0.2) is 23.3 Å². The van der Waals surface area contributed by atoms with Crippen LogP contribution in [-0.4, -0.2) is 24.4 Å². The number of benzene rings is 1. The van der Waals surface area contributed by atoms with Gasteiger partial charge in [0.1, 0.15) is 0 Å². The minimum atomic E-state index is -0.229. The zero-order valence-corrected chi connectivity index (χ0v) is 14.7. The Morgan fingerprint density at radius 1 is 1.29 bits per heavy atom. The van der Waals surface area contributed by atoms with Crippen LogP contribution in [0.25, 0.3) is 0 Å². The molecule has 0 radical (unpaired) electrons. The number of likely N-dealkylation sites (N-methyl/N-ethyl adjacent to an activating group) is 1. The van der Waals surface area contributed by atoms with Gasteiger partial charge in [0.05, 0.1) is 0 Å². The van der Waals surface area contributed by atoms with Gasteiger partial charge in [-0.25, -0.2) is 4.98 Å². The molecule has 1 aliphatic heterocycles. The van der Waals surface area contributed by atoms with Crippen molar-refractivity contribution in [1.82, 2.24) is 4.98 Å². The molecular formula is C19H19ClN2O2. The minimum Gasteiger partial charge on any atom is -0.482 e. The smallest absolute Gasteiger partial charge is 0.194 e. The lowest BCUT2D eigenvalue weighted by Gasteiger charge is -2.23. The van der Waals surface area contributed by atoms with E-state index in [-0.39, 0.29) is 23.0 Å². The standard InChI is InChI=1S/C19H19ClN2O2/c1-19(2)14-7-4-5-8-15(14)22(3)17(19)11-13(23)12-24-16-9-6-10-21-18(16)20/h4-11H,12H2,1-3H3/b17-11-. The number of carbonyl (C=O) groups excluding carboxylic acids is 1. The molecule has 5 heteroatoms. The maximum Gasteiger partial charge on any atom is 0.194 e. The normalized spacial score (nSPS) is 17.0. The lowest BCUT2D eigenvalue weighted by molar-refractivity contribution is -0.116. The Hall–Kier alpha value is -2.33. The summed E-state index contributed by atoms with van der Waals surface area (Å²) >= 11 is 5.94. The highest BCUT2D eigenvalue weighted by Gasteiger charge is 2.38. The van der Waals surface area contributed by atoms with Gasteiger partial charge < -0.3 is 9.64 Å². The molecule has 0 amide bonds. The number of halogens is 1. The molecule has 1 aliphatic rings. The van der Waals surface area contributed by atoms with Crippen molar-refractivity contribution in [3.8, 4) is 5.75 Å². The van der Waals surface area contributed by atoms with Crippen molar-refractivity contribution in [2.24, 2.45) is 0 Å². The van der Waals surface area contributed by atoms with Gasteiger partial charge in [-0.2, -0.15) is 0 Å². The molecule has 124 valence electrons. The number of allylic oxidation sites excluding steroid dienone is 1. The van der Waals surface area contributed by atoms with E-state index in [4.69, 9.17) is 16.3 Å². The van der Waals surface area contributed by atoms with Crippen LogP contribution in [0.15, 0.2) is 54.4 Å². The van der Waals surface area contributed by atoms with Crippen LogP contribution < -0.4 is 9.64 Å². The van der Waals surface area contributed by atoms with E-state index < -0.39 is 0 Å². The Morgan fingerprint density at radius 2 is 2.04 bits per heavy atom. The number of ketones is 1. The second-order valence-electron chi connectivity index (χ2n) is 6.28. The molecule has 0 spiro atoms. The lowest BCUT2D eigenvalue weighted by Crippen LogP contribution is -2.25. The Morgan fingerprint density at radius 3 is 2.75 bits per heavy atom. The van der Waals surface area contributed by atoms with Gasteiger partial charge in [0.25, 0.3) is 0 Å². The van der Waals surface area contributed by atoms with Crippen LogP contribution in [0.2, 0.25) is 5.15 Å². The molecule has 2 aromatic rings. The van der Waals surface area contributed by atoms with E-state index in [1.165, 1.54) is 5.56 Å². The molecule has 1 aromatic heterocycles. The Labute approximate surface area is 146 Å². The summed E-state index contributed by atoms with van der Waals surface area (Å²) in [7, 11) is 1.98. The number of ether oxygens (including phenoxy) is 1. The summed E-state index contributed by atoms with van der Waals surface area (Å²) < 4.78 is 5.48. The molecule has 2 heterocycles. The van der Waals surface area contributed by atoms with Crippen LogP contribution in [-0.2, 0) is 10.2 Å². The summed E-state index contributed by atoms with van der Waals surface area (Å²) in [5.74, 6) is 0.297. The number of fused-ring (bicyclic) bond motifs is 1. The highest BCUT2D eigenvalue weighted by atomic mass is 35.5. The average Bonchev–Trinajstić information content (AvgIpc) is 2.76. The largest absolute Gasteiger partial charge is 0.482 e. The molecule has 0 atom stereocenters. The summed E-state index contributed by atoms with van der Waals surface area (Å²) in [4.78, 5) is 18.4. The van der Waals surface area contributed by atoms with Crippen LogP contribution in [0.5, 0.6) is 5.75 Å². The Bertz CT molecular complexity index is 815. The van der Waals surface area contributed by atoms with Gasteiger partial charge in [-0.3, -0.25) is 4.79 Å². The van der Waals surface area contributed by atoms with Crippen molar-refractivity contribution >= 4 is 23.1 Å². The highest BCUT2D eigenvalue weighted by molar-refractivity contribution is 6.30. The molecular weight excluding hydrogens is 324 g/mol. The van der Waals surface area contributed by atoms with E-state index in [1.807, 2.05) is 19.2 Å². The van der Waals surface area contributed by atoms with E-state index in [9.17, 15) is 4.79 Å². The van der Waals surface area contributed by atoms with Crippen molar-refractivity contribution in [2.75, 3.05) is 18.6 Å². The average molecular weight is 343 g/mol. The number of nitrogens with zero attached hydrogens (tertiary/aromatic N) is 2. The van der Waals surface area contributed by atoms with Gasteiger partial charge in [0, 0.05) is 36.1 Å². The quantitative estimate of drug-likeness (QED) is 0.622. The number of pyridine rings is 1. The van der Waals surface area contributed by atoms with E-state index in [1.54, 1.807) is 24.4 Å². The third kappa shape index (κ3) is 2.89. The van der Waals surface area contributed by atoms with E-state index in [0.29, 0.717) is 5.75 Å². The molecule has 1 aromatic carbocycles. The van der Waals surface area contributed by atoms with Gasteiger partial charge >= 0.3 is 0 Å². The molecule has 0 saturated carbocycles. The van der Waals surface area contributed by atoms with Gasteiger partial charge in [0.2, 0.25) is 0 Å². The van der Waals surface area contributed by atoms with Crippen molar-refractivity contribution in [3.05, 3.63) is 65.1 Å². The van der Waals surface area contributed by atoms with Gasteiger partial charge in [-0.1, -0.05) is 43.6 Å². The molecule has 0 unspecified atom stereocenters. The maximum absolute atomic E-state index is 12.4. The number of hydrogen-bond donors (Lipinski definition) is 0. The fourth-order valence-corrected chi connectivity index (χ4v) is 3.25. The second kappa shape index (κ2) is 6.29. The molecule has 24 heavy (non-hydrogen) atoms. The van der Waals surface area contributed by atoms with Crippen LogP contribution in [0.4, 0.5) is 5.69 Å². The zero-order chi connectivity index (χ0) is 17.3. The second-order valence-corrected chi connectivity index (χ2v) is 6.64. The molecule has 4 nitrogen and oxygen atoms in total. The number of rotatable bonds is 4. The number of para-hydroxylation sites is 1. The van der Waals surface area contributed by atoms with Gasteiger partial charge in [-0.15, -0.1) is 0 Å². The summed E-state index contributed by atoms with van der Waals surface area (Å²) in [5.41, 5.74) is 3.06. The molecule has 0 fully saturated rings. The third-order valence-electron chi connectivity index (χ3n) is 4.33. The SMILES string of the molecule is CN1/C(=C\C(=O)COc2cccnc2Cl)C(C)(C)c2ccccc21. The Kier molecular flexibility index (Phi) is 4.33. The fraction of sp³-hybridized carbons (Fsp3) is 0.263. The first kappa shape index (κ1) is 16.5. The van der Waals surface area contributed by atoms with Gasteiger partial charge in [-0.05, 0) is 23.8 Å². The minimum absolute atomic E-state index is 0.0742. The number of hydrogen-bond acceptors (Lipinski definition) is 4. The summed E-state index contributed by atoms with van der Waals surface area (Å²) in [5, 5.41) is 0.253. The predicted molar refractivity (Wildman–Crippen MR) is 95.7 cm³/mol. The fourth-order valence-electron chi connectivity index (χ4n) is 3.08. The molecule has 0 saturated heterocycles. The van der Waals surface area contributed by atoms with Crippen molar-refractivity contribution < 1.29 is 9.53 Å². The first-order valence-corrected chi connectivity index (χ1v) is 8.10. The first-order valence-electron chi connectivity index (χ1n) is 7.73. The van der Waals surface area contributed by atoms with Crippen LogP contribution >= 0.6 is 11.6 Å². The van der Waals surface area contributed by atoms with Crippen molar-refractivity contribution in [1.29, 1.82) is 0 Å². The van der Waals surface area contributed by atoms with Crippen molar-refractivity contribution in [3.63, 3.8) is 0 Å². The predicted octanol–water partition coefficient (Wildman–Crippen LogP) is 3.99. The van der Waals surface area contributed by atoms with Crippen molar-refractivity contribution in [2.45, 2.75) is 19.3 Å². The third-order valence-corrected chi connectivity index (χ3v) is 4.62. The summed E-state index contributed by atoms with van der Waals surface area (Å²) in [6, 6.07) is 11.6. The van der Waals surface area contributed by atoms with Crippen LogP contribution in [0, 0.1) is 0 Å². The zero-order valence-electron chi connectivity index (χ0n) is 13.9. The molecule has 0 aliphatic carbocycles. The first-order chi connectivity index (χ1) is 11.4. The van der Waals surface area contributed by atoms with E-state index in [0.717, 1.165) is 11.4 Å². The maximum atomic E-state index is 12.4. The van der Waals surface area contributed by atoms with Crippen LogP contribution in [0.3, 0.4) is 0 Å². The van der Waals surface area contributed by atoms with E-state index in [2.05, 4.69) is 35.9 Å². The summed E-state index contributed by atoms with van der Waals surface area (Å²) in [6.45, 7) is 4.16. The van der Waals surface area contributed by atoms with Crippen LogP contribution in [0.1, 0.15) is 19.4 Å². The number of aromatic nitrogens is 1. The van der Waals surface area contributed by atoms with E-state index >= 15 is 0 Å². The lowest BCUT2D eigenvalue weighted by atomic mass is 9.83. The molecule has 0 N–H and O–H groups in total. The number of carbonyl (C=O) groups is 1. The molecule has 0 bridgehead atoms. The Balaban J connectivity index is 1.79. The highest BCUT2D eigenvalue weighted by Crippen LogP contribution is 2.46. The monoisotopic (exact) mass is 342 g/mol. The summed E-state index contributed by atoms with van der Waals surface area (Å²) in [6.07, 6.45) is 3.23.